The Morgan fingerprint density at radius 2 is 1.64 bits per heavy atom. The van der Waals surface area contributed by atoms with Crippen LogP contribution in [0, 0.1) is 0 Å². The molecular weight excluding hydrogens is 168 g/mol. The van der Waals surface area contributed by atoms with E-state index in [0.29, 0.717) is 0 Å². The van der Waals surface area contributed by atoms with Crippen LogP contribution < -0.4 is 0 Å². The summed E-state index contributed by atoms with van der Waals surface area (Å²) in [5.74, 6) is 0. The van der Waals surface area contributed by atoms with Crippen LogP contribution in [0.2, 0.25) is 0 Å². The van der Waals surface area contributed by atoms with Gasteiger partial charge >= 0.3 is 0 Å². The molecule has 0 amide bonds. The third kappa shape index (κ3) is 6.94. The van der Waals surface area contributed by atoms with Crippen molar-refractivity contribution in [3.05, 3.63) is 22.8 Å². The second-order valence-electron chi connectivity index (χ2n) is 4.49. The summed E-state index contributed by atoms with van der Waals surface area (Å²) in [4.78, 5) is 0. The van der Waals surface area contributed by atoms with Crippen LogP contribution in [0.4, 0.5) is 0 Å². The fraction of sp³-hybridized carbons (Fsp3) is 0.714. The number of hydrogen-bond acceptors (Lipinski definition) is 0. The molecule has 0 fully saturated rings. The maximum absolute atomic E-state index is 2.39. The largest absolute Gasteiger partial charge is 0.0815 e. The van der Waals surface area contributed by atoms with Crippen molar-refractivity contribution in [1.82, 2.24) is 0 Å². The molecule has 0 heteroatoms. The van der Waals surface area contributed by atoms with Crippen molar-refractivity contribution < 1.29 is 0 Å². The Bertz CT molecular complexity index is 202. The van der Waals surface area contributed by atoms with Gasteiger partial charge in [-0.05, 0) is 47.0 Å². The Balaban J connectivity index is 3.82. The summed E-state index contributed by atoms with van der Waals surface area (Å²) in [6.07, 6.45) is 8.85. The van der Waals surface area contributed by atoms with Gasteiger partial charge in [-0.3, -0.25) is 0 Å². The summed E-state index contributed by atoms with van der Waals surface area (Å²) in [5.41, 5.74) is 4.53. The molecule has 0 aromatic carbocycles. The minimum Gasteiger partial charge on any atom is -0.0815 e. The minimum absolute atomic E-state index is 1.14. The van der Waals surface area contributed by atoms with Crippen LogP contribution in [0.5, 0.6) is 0 Å². The number of hydrogen-bond donors (Lipinski definition) is 0. The molecule has 0 nitrogen and oxygen atoms in total. The van der Waals surface area contributed by atoms with Gasteiger partial charge in [0.2, 0.25) is 0 Å². The summed E-state index contributed by atoms with van der Waals surface area (Å²) in [7, 11) is 0. The Hall–Kier alpha value is -0.520. The summed E-state index contributed by atoms with van der Waals surface area (Å²) in [6, 6.07) is 0. The van der Waals surface area contributed by atoms with E-state index in [1.54, 1.807) is 5.57 Å². The Kier molecular flexibility index (Phi) is 7.55. The average molecular weight is 194 g/mol. The molecule has 0 rings (SSSR count). The molecule has 0 unspecified atom stereocenters. The lowest BCUT2D eigenvalue weighted by molar-refractivity contribution is 0.712. The molecule has 0 aromatic rings. The van der Waals surface area contributed by atoms with Gasteiger partial charge in [-0.15, -0.1) is 0 Å². The van der Waals surface area contributed by atoms with E-state index in [-0.39, 0.29) is 0 Å². The smallest absolute Gasteiger partial charge is 0.0137 e. The van der Waals surface area contributed by atoms with E-state index in [1.165, 1.54) is 36.8 Å². The molecular formula is C14H26. The highest BCUT2D eigenvalue weighted by molar-refractivity contribution is 5.13. The molecule has 0 atom stereocenters. The lowest BCUT2D eigenvalue weighted by Crippen LogP contribution is -1.82. The Morgan fingerprint density at radius 3 is 2.14 bits per heavy atom. The van der Waals surface area contributed by atoms with E-state index in [4.69, 9.17) is 0 Å². The first-order chi connectivity index (χ1) is 6.57. The number of unbranched alkanes of at least 4 members (excludes halogenated alkanes) is 2. The van der Waals surface area contributed by atoms with Crippen molar-refractivity contribution in [3.8, 4) is 0 Å². The Labute approximate surface area is 90.1 Å². The fourth-order valence-electron chi connectivity index (χ4n) is 1.29. The van der Waals surface area contributed by atoms with Crippen molar-refractivity contribution >= 4 is 0 Å². The van der Waals surface area contributed by atoms with Crippen LogP contribution in [0.1, 0.15) is 66.7 Å². The lowest BCUT2D eigenvalue weighted by Gasteiger charge is -2.02. The molecule has 0 saturated heterocycles. The van der Waals surface area contributed by atoms with E-state index in [0.717, 1.165) is 6.42 Å². The van der Waals surface area contributed by atoms with Gasteiger partial charge in [0.25, 0.3) is 0 Å². The molecule has 0 aliphatic heterocycles. The molecule has 0 radical (unpaired) electrons. The van der Waals surface area contributed by atoms with Gasteiger partial charge in [0.05, 0.1) is 0 Å². The number of rotatable bonds is 6. The van der Waals surface area contributed by atoms with Gasteiger partial charge in [0.15, 0.2) is 0 Å². The first kappa shape index (κ1) is 13.5. The highest BCUT2D eigenvalue weighted by Crippen LogP contribution is 2.13. The molecule has 0 N–H and O–H groups in total. The molecule has 0 spiro atoms. The third-order valence-electron chi connectivity index (χ3n) is 2.78. The van der Waals surface area contributed by atoms with Crippen molar-refractivity contribution in [2.24, 2.45) is 0 Å². The summed E-state index contributed by atoms with van der Waals surface area (Å²) >= 11 is 0. The van der Waals surface area contributed by atoms with Crippen LogP contribution >= 0.6 is 0 Å². The zero-order valence-electron chi connectivity index (χ0n) is 10.6. The molecule has 82 valence electrons. The second kappa shape index (κ2) is 7.84. The highest BCUT2D eigenvalue weighted by atomic mass is 14.0. The average Bonchev–Trinajstić information content (AvgIpc) is 2.14. The van der Waals surface area contributed by atoms with Crippen molar-refractivity contribution in [2.75, 3.05) is 0 Å². The van der Waals surface area contributed by atoms with Gasteiger partial charge in [-0.2, -0.15) is 0 Å². The van der Waals surface area contributed by atoms with Crippen LogP contribution in [0.3, 0.4) is 0 Å². The van der Waals surface area contributed by atoms with E-state index in [9.17, 15) is 0 Å². The first-order valence-electron chi connectivity index (χ1n) is 5.86. The van der Waals surface area contributed by atoms with Crippen molar-refractivity contribution in [3.63, 3.8) is 0 Å². The van der Waals surface area contributed by atoms with E-state index in [2.05, 4.69) is 40.7 Å². The van der Waals surface area contributed by atoms with Crippen LogP contribution in [-0.2, 0) is 0 Å². The third-order valence-corrected chi connectivity index (χ3v) is 2.78. The quantitative estimate of drug-likeness (QED) is 0.399. The topological polar surface area (TPSA) is 0 Å². The minimum atomic E-state index is 1.14. The molecule has 0 heterocycles. The first-order valence-corrected chi connectivity index (χ1v) is 5.86. The SMILES string of the molecule is CCCCCC(C)=CCC(C)=C(C)C. The predicted molar refractivity (Wildman–Crippen MR) is 66.6 cm³/mol. The predicted octanol–water partition coefficient (Wildman–Crippen LogP) is 5.26. The maximum Gasteiger partial charge on any atom is -0.0137 e. The maximum atomic E-state index is 2.39. The lowest BCUT2D eigenvalue weighted by atomic mass is 10.0. The van der Waals surface area contributed by atoms with Gasteiger partial charge in [-0.25, -0.2) is 0 Å². The standard InChI is InChI=1S/C14H26/c1-6-7-8-9-13(4)10-11-14(5)12(2)3/h10H,6-9,11H2,1-5H3. The van der Waals surface area contributed by atoms with Crippen molar-refractivity contribution in [2.45, 2.75) is 66.7 Å². The Morgan fingerprint density at radius 1 is 1.00 bits per heavy atom. The zero-order valence-corrected chi connectivity index (χ0v) is 10.6. The summed E-state index contributed by atoms with van der Waals surface area (Å²) in [5, 5.41) is 0. The molecule has 0 bridgehead atoms. The number of allylic oxidation sites excluding steroid dienone is 4. The molecule has 14 heavy (non-hydrogen) atoms. The second-order valence-corrected chi connectivity index (χ2v) is 4.49. The van der Waals surface area contributed by atoms with Crippen LogP contribution in [0.15, 0.2) is 22.8 Å². The van der Waals surface area contributed by atoms with Crippen molar-refractivity contribution in [1.29, 1.82) is 0 Å². The van der Waals surface area contributed by atoms with Gasteiger partial charge in [0, 0.05) is 0 Å². The summed E-state index contributed by atoms with van der Waals surface area (Å²) < 4.78 is 0. The molecule has 0 aromatic heterocycles. The van der Waals surface area contributed by atoms with Gasteiger partial charge in [-0.1, -0.05) is 42.6 Å². The van der Waals surface area contributed by atoms with Gasteiger partial charge in [0.1, 0.15) is 0 Å². The van der Waals surface area contributed by atoms with E-state index in [1.807, 2.05) is 0 Å². The zero-order chi connectivity index (χ0) is 11.0. The monoisotopic (exact) mass is 194 g/mol. The van der Waals surface area contributed by atoms with Gasteiger partial charge < -0.3 is 0 Å². The van der Waals surface area contributed by atoms with E-state index >= 15 is 0 Å². The van der Waals surface area contributed by atoms with Crippen LogP contribution in [0.25, 0.3) is 0 Å². The molecule has 0 saturated carbocycles. The van der Waals surface area contributed by atoms with Crippen LogP contribution in [-0.4, -0.2) is 0 Å². The molecule has 0 aliphatic carbocycles. The molecule has 0 aliphatic rings. The van der Waals surface area contributed by atoms with E-state index < -0.39 is 0 Å². The fourth-order valence-corrected chi connectivity index (χ4v) is 1.29. The normalized spacial score (nSPS) is 11.6. The summed E-state index contributed by atoms with van der Waals surface area (Å²) in [6.45, 7) is 11.1. The highest BCUT2D eigenvalue weighted by Gasteiger charge is 1.92.